The van der Waals surface area contributed by atoms with Crippen molar-refractivity contribution >= 4 is 0 Å². The molecule has 0 unspecified atom stereocenters. The summed E-state index contributed by atoms with van der Waals surface area (Å²) in [6.45, 7) is 4.07. The maximum Gasteiger partial charge on any atom is 0.163 e. The Morgan fingerprint density at radius 1 is 1.21 bits per heavy atom. The van der Waals surface area contributed by atoms with Crippen LogP contribution >= 0.6 is 0 Å². The van der Waals surface area contributed by atoms with E-state index in [-0.39, 0.29) is 12.7 Å². The molecule has 5 nitrogen and oxygen atoms in total. The van der Waals surface area contributed by atoms with E-state index in [1.165, 1.54) is 0 Å². The van der Waals surface area contributed by atoms with E-state index in [0.717, 1.165) is 0 Å². The molecule has 4 atom stereocenters. The molecule has 2 rings (SSSR count). The summed E-state index contributed by atoms with van der Waals surface area (Å²) in [6, 6.07) is 0. The van der Waals surface area contributed by atoms with Gasteiger partial charge in [-0.2, -0.15) is 0 Å². The molecule has 0 spiro atoms. The Hall–Kier alpha value is -0.200. The zero-order valence-corrected chi connectivity index (χ0v) is 8.34. The van der Waals surface area contributed by atoms with Crippen LogP contribution < -0.4 is 0 Å². The molecule has 2 heterocycles. The number of ether oxygens (including phenoxy) is 3. The Bertz CT molecular complexity index is 215. The summed E-state index contributed by atoms with van der Waals surface area (Å²) in [5.41, 5.74) is 0. The third-order valence-corrected chi connectivity index (χ3v) is 2.59. The fourth-order valence-electron chi connectivity index (χ4n) is 1.79. The van der Waals surface area contributed by atoms with Crippen LogP contribution in [0.1, 0.15) is 13.8 Å². The summed E-state index contributed by atoms with van der Waals surface area (Å²) in [4.78, 5) is 0. The van der Waals surface area contributed by atoms with E-state index in [1.807, 2.05) is 0 Å². The lowest BCUT2D eigenvalue weighted by molar-refractivity contribution is -0.346. The molecule has 0 aromatic rings. The van der Waals surface area contributed by atoms with Gasteiger partial charge >= 0.3 is 0 Å². The zero-order chi connectivity index (χ0) is 10.3. The van der Waals surface area contributed by atoms with Gasteiger partial charge in [0.05, 0.1) is 13.2 Å². The van der Waals surface area contributed by atoms with E-state index in [9.17, 15) is 10.2 Å². The first-order chi connectivity index (χ1) is 6.49. The second kappa shape index (κ2) is 3.43. The van der Waals surface area contributed by atoms with Crippen LogP contribution in [-0.4, -0.2) is 53.6 Å². The first-order valence-corrected chi connectivity index (χ1v) is 4.79. The van der Waals surface area contributed by atoms with Gasteiger partial charge in [0, 0.05) is 0 Å². The fraction of sp³-hybridized carbons (Fsp3) is 1.00. The minimum atomic E-state index is -0.892. The Morgan fingerprint density at radius 2 is 1.93 bits per heavy atom. The molecule has 5 heteroatoms. The Kier molecular flexibility index (Phi) is 2.53. The van der Waals surface area contributed by atoms with Crippen LogP contribution in [0, 0.1) is 0 Å². The summed E-state index contributed by atoms with van der Waals surface area (Å²) in [5.74, 6) is -0.720. The van der Waals surface area contributed by atoms with Gasteiger partial charge < -0.3 is 24.4 Å². The highest BCUT2D eigenvalue weighted by molar-refractivity contribution is 4.91. The highest BCUT2D eigenvalue weighted by atomic mass is 16.7. The second-order valence-corrected chi connectivity index (χ2v) is 4.22. The van der Waals surface area contributed by atoms with Crippen LogP contribution in [0.25, 0.3) is 0 Å². The predicted molar refractivity (Wildman–Crippen MR) is 46.7 cm³/mol. The molecular formula is C9H16O5. The topological polar surface area (TPSA) is 68.2 Å². The first kappa shape index (κ1) is 10.3. The molecule has 2 aliphatic rings. The van der Waals surface area contributed by atoms with E-state index in [1.54, 1.807) is 13.8 Å². The van der Waals surface area contributed by atoms with Crippen molar-refractivity contribution in [3.63, 3.8) is 0 Å². The monoisotopic (exact) mass is 204 g/mol. The van der Waals surface area contributed by atoms with Crippen LogP contribution in [0.15, 0.2) is 0 Å². The van der Waals surface area contributed by atoms with Gasteiger partial charge in [0.2, 0.25) is 0 Å². The van der Waals surface area contributed by atoms with Gasteiger partial charge in [-0.15, -0.1) is 0 Å². The molecule has 2 fully saturated rings. The minimum absolute atomic E-state index is 0.134. The molecular weight excluding hydrogens is 188 g/mol. The molecule has 0 amide bonds. The summed E-state index contributed by atoms with van der Waals surface area (Å²) < 4.78 is 16.2. The van der Waals surface area contributed by atoms with Crippen LogP contribution in [0.2, 0.25) is 0 Å². The Labute approximate surface area is 82.6 Å². The average molecular weight is 204 g/mol. The smallest absolute Gasteiger partial charge is 0.163 e. The van der Waals surface area contributed by atoms with Crippen LogP contribution in [0.3, 0.4) is 0 Å². The van der Waals surface area contributed by atoms with E-state index in [4.69, 9.17) is 14.2 Å². The van der Waals surface area contributed by atoms with Crippen molar-refractivity contribution in [1.29, 1.82) is 0 Å². The number of hydrogen-bond donors (Lipinski definition) is 2. The molecule has 2 N–H and O–H groups in total. The fourth-order valence-corrected chi connectivity index (χ4v) is 1.79. The van der Waals surface area contributed by atoms with Crippen molar-refractivity contribution in [2.75, 3.05) is 13.2 Å². The van der Waals surface area contributed by atoms with Gasteiger partial charge in [0.25, 0.3) is 0 Å². The van der Waals surface area contributed by atoms with Crippen LogP contribution in [0.5, 0.6) is 0 Å². The molecule has 2 saturated heterocycles. The van der Waals surface area contributed by atoms with Gasteiger partial charge in [-0.3, -0.25) is 0 Å². The van der Waals surface area contributed by atoms with Gasteiger partial charge in [0.1, 0.15) is 24.4 Å². The summed E-state index contributed by atoms with van der Waals surface area (Å²) in [7, 11) is 0. The average Bonchev–Trinajstić information content (AvgIpc) is 2.11. The number of aliphatic hydroxyl groups excluding tert-OH is 2. The second-order valence-electron chi connectivity index (χ2n) is 4.22. The maximum absolute atomic E-state index is 9.69. The van der Waals surface area contributed by atoms with E-state index < -0.39 is 24.1 Å². The SMILES string of the molecule is CC1(C)OC[C@H]2OC[C@H](O)[C@H](O)[C@@H]2O1. The summed E-state index contributed by atoms with van der Waals surface area (Å²) in [5, 5.41) is 19.1. The van der Waals surface area contributed by atoms with Gasteiger partial charge in [-0.25, -0.2) is 0 Å². The molecule has 82 valence electrons. The Balaban J connectivity index is 2.08. The molecule has 0 radical (unpaired) electrons. The van der Waals surface area contributed by atoms with E-state index in [0.29, 0.717) is 6.61 Å². The van der Waals surface area contributed by atoms with Gasteiger partial charge in [-0.1, -0.05) is 0 Å². The molecule has 0 aromatic heterocycles. The summed E-state index contributed by atoms with van der Waals surface area (Å²) >= 11 is 0. The van der Waals surface area contributed by atoms with Crippen molar-refractivity contribution in [3.8, 4) is 0 Å². The zero-order valence-electron chi connectivity index (χ0n) is 8.34. The molecule has 0 saturated carbocycles. The van der Waals surface area contributed by atoms with Crippen molar-refractivity contribution in [1.82, 2.24) is 0 Å². The predicted octanol–water partition coefficient (Wildman–Crippen LogP) is -0.742. The minimum Gasteiger partial charge on any atom is -0.388 e. The van der Waals surface area contributed by atoms with Crippen molar-refractivity contribution in [2.45, 2.75) is 44.1 Å². The molecule has 2 aliphatic heterocycles. The van der Waals surface area contributed by atoms with Crippen molar-refractivity contribution in [3.05, 3.63) is 0 Å². The third-order valence-electron chi connectivity index (χ3n) is 2.59. The standard InChI is InChI=1S/C9H16O5/c1-9(2)13-4-6-8(14-9)7(11)5(10)3-12-6/h5-8,10-11H,3-4H2,1-2H3/t5-,6+,7-,8+/m0/s1. The molecule has 0 aromatic carbocycles. The molecule has 0 aliphatic carbocycles. The normalized spacial score (nSPS) is 47.1. The lowest BCUT2D eigenvalue weighted by Crippen LogP contribution is -2.61. The van der Waals surface area contributed by atoms with Crippen LogP contribution in [0.4, 0.5) is 0 Å². The lowest BCUT2D eigenvalue weighted by atomic mass is 9.99. The highest BCUT2D eigenvalue weighted by Gasteiger charge is 2.46. The van der Waals surface area contributed by atoms with Gasteiger partial charge in [0.15, 0.2) is 5.79 Å². The number of hydrogen-bond acceptors (Lipinski definition) is 5. The summed E-state index contributed by atoms with van der Waals surface area (Å²) in [6.07, 6.45) is -2.54. The molecule has 0 bridgehead atoms. The molecule has 14 heavy (non-hydrogen) atoms. The maximum atomic E-state index is 9.69. The number of rotatable bonds is 0. The first-order valence-electron chi connectivity index (χ1n) is 4.79. The highest BCUT2D eigenvalue weighted by Crippen LogP contribution is 2.29. The number of fused-ring (bicyclic) bond motifs is 1. The largest absolute Gasteiger partial charge is 0.388 e. The van der Waals surface area contributed by atoms with E-state index in [2.05, 4.69) is 0 Å². The van der Waals surface area contributed by atoms with Crippen LogP contribution in [-0.2, 0) is 14.2 Å². The van der Waals surface area contributed by atoms with Crippen molar-refractivity contribution < 1.29 is 24.4 Å². The lowest BCUT2D eigenvalue weighted by Gasteiger charge is -2.46. The Morgan fingerprint density at radius 3 is 2.64 bits per heavy atom. The number of aliphatic hydroxyl groups is 2. The van der Waals surface area contributed by atoms with Gasteiger partial charge in [-0.05, 0) is 13.8 Å². The van der Waals surface area contributed by atoms with E-state index >= 15 is 0 Å². The third kappa shape index (κ3) is 1.78. The quantitative estimate of drug-likeness (QED) is 0.544. The van der Waals surface area contributed by atoms with Crippen molar-refractivity contribution in [2.24, 2.45) is 0 Å².